The smallest absolute Gasteiger partial charge is 0.118 e. The Labute approximate surface area is 150 Å². The summed E-state index contributed by atoms with van der Waals surface area (Å²) in [5, 5.41) is 10.7. The minimum Gasteiger partial charge on any atom is -0.497 e. The molecule has 2 atom stereocenters. The summed E-state index contributed by atoms with van der Waals surface area (Å²) in [6, 6.07) is 18.4. The monoisotopic (exact) mass is 337 g/mol. The van der Waals surface area contributed by atoms with Gasteiger partial charge in [0.2, 0.25) is 0 Å². The first-order valence-corrected chi connectivity index (χ1v) is 8.95. The maximum atomic E-state index is 10.7. The number of hydrogen-bond donors (Lipinski definition) is 1. The van der Waals surface area contributed by atoms with E-state index in [9.17, 15) is 5.11 Å². The molecule has 3 heteroatoms. The molecule has 0 fully saturated rings. The maximum absolute atomic E-state index is 10.7. The summed E-state index contributed by atoms with van der Waals surface area (Å²) in [7, 11) is 1.65. The summed E-state index contributed by atoms with van der Waals surface area (Å²) in [5.74, 6) is 0.815. The first kappa shape index (κ1) is 17.7. The van der Waals surface area contributed by atoms with Gasteiger partial charge in [-0.25, -0.2) is 0 Å². The SMILES string of the molecule is COc1ccc([C@H](O)[C@H](C)N2CC=C(Cc3ccccc3)CC2)cc1. The summed E-state index contributed by atoms with van der Waals surface area (Å²) < 4.78 is 5.19. The molecule has 25 heavy (non-hydrogen) atoms. The molecule has 1 aliphatic rings. The van der Waals surface area contributed by atoms with Gasteiger partial charge in [0.1, 0.15) is 5.75 Å². The minimum absolute atomic E-state index is 0.0860. The van der Waals surface area contributed by atoms with Crippen molar-refractivity contribution in [2.24, 2.45) is 0 Å². The molecule has 3 rings (SSSR count). The van der Waals surface area contributed by atoms with E-state index in [-0.39, 0.29) is 6.04 Å². The number of benzene rings is 2. The molecule has 3 nitrogen and oxygen atoms in total. The van der Waals surface area contributed by atoms with Crippen molar-refractivity contribution in [1.82, 2.24) is 4.90 Å². The molecule has 132 valence electrons. The Morgan fingerprint density at radius 1 is 1.08 bits per heavy atom. The fourth-order valence-corrected chi connectivity index (χ4v) is 3.39. The molecule has 1 heterocycles. The summed E-state index contributed by atoms with van der Waals surface area (Å²) in [6.45, 7) is 3.99. The molecule has 2 aromatic rings. The Kier molecular flexibility index (Phi) is 5.90. The third kappa shape index (κ3) is 4.50. The molecule has 0 saturated carbocycles. The van der Waals surface area contributed by atoms with Gasteiger partial charge in [0.15, 0.2) is 0 Å². The molecule has 0 saturated heterocycles. The zero-order chi connectivity index (χ0) is 17.6. The van der Waals surface area contributed by atoms with E-state index >= 15 is 0 Å². The number of aliphatic hydroxyl groups excluding tert-OH is 1. The van der Waals surface area contributed by atoms with Crippen molar-refractivity contribution >= 4 is 0 Å². The zero-order valence-corrected chi connectivity index (χ0v) is 15.1. The average Bonchev–Trinajstić information content (AvgIpc) is 2.68. The van der Waals surface area contributed by atoms with Crippen molar-refractivity contribution in [2.45, 2.75) is 31.9 Å². The lowest BCUT2D eigenvalue weighted by atomic mass is 9.96. The van der Waals surface area contributed by atoms with Crippen LogP contribution in [0, 0.1) is 0 Å². The van der Waals surface area contributed by atoms with Gasteiger partial charge in [0.25, 0.3) is 0 Å². The molecule has 0 aromatic heterocycles. The van der Waals surface area contributed by atoms with Crippen LogP contribution < -0.4 is 4.74 Å². The lowest BCUT2D eigenvalue weighted by Crippen LogP contribution is -2.40. The Bertz CT molecular complexity index is 694. The van der Waals surface area contributed by atoms with Gasteiger partial charge in [-0.1, -0.05) is 54.1 Å². The lowest BCUT2D eigenvalue weighted by Gasteiger charge is -2.34. The van der Waals surface area contributed by atoms with E-state index in [1.807, 2.05) is 24.3 Å². The molecule has 0 radical (unpaired) electrons. The summed E-state index contributed by atoms with van der Waals surface area (Å²) in [4.78, 5) is 2.35. The lowest BCUT2D eigenvalue weighted by molar-refractivity contribution is 0.0623. The average molecular weight is 337 g/mol. The van der Waals surface area contributed by atoms with E-state index in [2.05, 4.69) is 48.2 Å². The topological polar surface area (TPSA) is 32.7 Å². The molecular weight excluding hydrogens is 310 g/mol. The van der Waals surface area contributed by atoms with Crippen LogP contribution in [0.2, 0.25) is 0 Å². The van der Waals surface area contributed by atoms with Crippen LogP contribution in [0.25, 0.3) is 0 Å². The highest BCUT2D eigenvalue weighted by atomic mass is 16.5. The van der Waals surface area contributed by atoms with Crippen LogP contribution in [-0.4, -0.2) is 36.2 Å². The normalized spacial score (nSPS) is 17.6. The van der Waals surface area contributed by atoms with Gasteiger partial charge in [0, 0.05) is 19.1 Å². The first-order chi connectivity index (χ1) is 12.2. The van der Waals surface area contributed by atoms with E-state index in [0.717, 1.165) is 37.2 Å². The molecule has 0 bridgehead atoms. The molecule has 1 N–H and O–H groups in total. The Morgan fingerprint density at radius 3 is 2.40 bits per heavy atom. The highest BCUT2D eigenvalue weighted by Crippen LogP contribution is 2.26. The number of rotatable bonds is 6. The van der Waals surface area contributed by atoms with Crippen LogP contribution in [0.5, 0.6) is 5.75 Å². The fourth-order valence-electron chi connectivity index (χ4n) is 3.39. The van der Waals surface area contributed by atoms with Crippen molar-refractivity contribution in [3.63, 3.8) is 0 Å². The number of ether oxygens (including phenoxy) is 1. The second kappa shape index (κ2) is 8.32. The predicted molar refractivity (Wildman–Crippen MR) is 102 cm³/mol. The third-order valence-corrected chi connectivity index (χ3v) is 5.10. The fraction of sp³-hybridized carbons (Fsp3) is 0.364. The Hall–Kier alpha value is -2.10. The van der Waals surface area contributed by atoms with Gasteiger partial charge >= 0.3 is 0 Å². The minimum atomic E-state index is -0.491. The van der Waals surface area contributed by atoms with Crippen molar-refractivity contribution in [2.75, 3.05) is 20.2 Å². The molecule has 0 aliphatic carbocycles. The van der Waals surface area contributed by atoms with Gasteiger partial charge < -0.3 is 9.84 Å². The Morgan fingerprint density at radius 2 is 1.80 bits per heavy atom. The van der Waals surface area contributed by atoms with Crippen LogP contribution in [-0.2, 0) is 6.42 Å². The maximum Gasteiger partial charge on any atom is 0.118 e. The van der Waals surface area contributed by atoms with Crippen LogP contribution in [0.3, 0.4) is 0 Å². The molecule has 1 aliphatic heterocycles. The van der Waals surface area contributed by atoms with E-state index < -0.39 is 6.10 Å². The molecule has 0 spiro atoms. The van der Waals surface area contributed by atoms with Crippen molar-refractivity contribution in [3.8, 4) is 5.75 Å². The second-order valence-electron chi connectivity index (χ2n) is 6.73. The quantitative estimate of drug-likeness (QED) is 0.809. The largest absolute Gasteiger partial charge is 0.497 e. The third-order valence-electron chi connectivity index (χ3n) is 5.10. The summed E-state index contributed by atoms with van der Waals surface area (Å²) >= 11 is 0. The van der Waals surface area contributed by atoms with Crippen molar-refractivity contribution in [1.29, 1.82) is 0 Å². The molecule has 2 aromatic carbocycles. The van der Waals surface area contributed by atoms with Crippen molar-refractivity contribution < 1.29 is 9.84 Å². The van der Waals surface area contributed by atoms with Gasteiger partial charge in [-0.3, -0.25) is 4.90 Å². The van der Waals surface area contributed by atoms with Crippen LogP contribution in [0.15, 0.2) is 66.2 Å². The highest BCUT2D eigenvalue weighted by Gasteiger charge is 2.24. The number of aliphatic hydroxyl groups is 1. The first-order valence-electron chi connectivity index (χ1n) is 8.95. The van der Waals surface area contributed by atoms with Crippen LogP contribution in [0.4, 0.5) is 0 Å². The van der Waals surface area contributed by atoms with Gasteiger partial charge in [-0.15, -0.1) is 0 Å². The molecular formula is C22H27NO2. The van der Waals surface area contributed by atoms with E-state index in [1.54, 1.807) is 7.11 Å². The van der Waals surface area contributed by atoms with E-state index in [0.29, 0.717) is 0 Å². The van der Waals surface area contributed by atoms with E-state index in [4.69, 9.17) is 4.74 Å². The van der Waals surface area contributed by atoms with Crippen LogP contribution >= 0.6 is 0 Å². The van der Waals surface area contributed by atoms with Gasteiger partial charge in [-0.2, -0.15) is 0 Å². The standard InChI is InChI=1S/C22H27NO2/c1-17(22(24)20-8-10-21(25-2)11-9-20)23-14-12-19(13-15-23)16-18-6-4-3-5-7-18/h3-12,17,22,24H,13-16H2,1-2H3/t17-,22+/m0/s1. The number of methoxy groups -OCH3 is 1. The molecule has 0 unspecified atom stereocenters. The summed E-state index contributed by atoms with van der Waals surface area (Å²) in [6.07, 6.45) is 3.93. The Balaban J connectivity index is 1.59. The van der Waals surface area contributed by atoms with Gasteiger partial charge in [0.05, 0.1) is 13.2 Å². The summed E-state index contributed by atoms with van der Waals surface area (Å²) in [5.41, 5.74) is 3.80. The number of nitrogens with zero attached hydrogens (tertiary/aromatic N) is 1. The van der Waals surface area contributed by atoms with Crippen LogP contribution in [0.1, 0.15) is 30.6 Å². The van der Waals surface area contributed by atoms with E-state index in [1.165, 1.54) is 11.1 Å². The second-order valence-corrected chi connectivity index (χ2v) is 6.73. The highest BCUT2D eigenvalue weighted by molar-refractivity contribution is 5.29. The van der Waals surface area contributed by atoms with Gasteiger partial charge in [-0.05, 0) is 43.0 Å². The number of hydrogen-bond acceptors (Lipinski definition) is 3. The zero-order valence-electron chi connectivity index (χ0n) is 15.1. The predicted octanol–water partition coefficient (Wildman–Crippen LogP) is 3.99. The molecule has 0 amide bonds. The van der Waals surface area contributed by atoms with Crippen molar-refractivity contribution in [3.05, 3.63) is 77.4 Å².